The Hall–Kier alpha value is -3.15. The summed E-state index contributed by atoms with van der Waals surface area (Å²) < 4.78 is 16.2. The SMILES string of the molecule is CCOC(=O)C(c1cc(OC)c(N)cc1OC)c1c[nH]c2ccccc12. The highest BCUT2D eigenvalue weighted by molar-refractivity contribution is 5.93. The molecule has 6 nitrogen and oxygen atoms in total. The molecular weight excluding hydrogens is 332 g/mol. The van der Waals surface area contributed by atoms with Crippen molar-refractivity contribution in [1.29, 1.82) is 0 Å². The average Bonchev–Trinajstić information content (AvgIpc) is 3.07. The quantitative estimate of drug-likeness (QED) is 0.523. The van der Waals surface area contributed by atoms with E-state index in [-0.39, 0.29) is 12.6 Å². The number of nitrogens with one attached hydrogen (secondary N) is 1. The summed E-state index contributed by atoms with van der Waals surface area (Å²) in [6.07, 6.45) is 1.83. The number of ether oxygens (including phenoxy) is 3. The van der Waals surface area contributed by atoms with Crippen molar-refractivity contribution in [3.05, 3.63) is 53.7 Å². The van der Waals surface area contributed by atoms with E-state index in [0.29, 0.717) is 22.7 Å². The first kappa shape index (κ1) is 17.7. The number of aromatic nitrogens is 1. The first-order chi connectivity index (χ1) is 12.6. The van der Waals surface area contributed by atoms with E-state index < -0.39 is 5.92 Å². The molecule has 26 heavy (non-hydrogen) atoms. The fourth-order valence-electron chi connectivity index (χ4n) is 3.15. The molecule has 3 rings (SSSR count). The Kier molecular flexibility index (Phi) is 5.02. The molecule has 0 amide bonds. The number of methoxy groups -OCH3 is 2. The van der Waals surface area contributed by atoms with Gasteiger partial charge >= 0.3 is 5.97 Å². The number of nitrogen functional groups attached to an aromatic ring is 1. The van der Waals surface area contributed by atoms with Crippen molar-refractivity contribution in [3.63, 3.8) is 0 Å². The molecular formula is C20H22N2O4. The number of esters is 1. The number of benzene rings is 2. The van der Waals surface area contributed by atoms with Gasteiger partial charge in [-0.15, -0.1) is 0 Å². The predicted molar refractivity (Wildman–Crippen MR) is 101 cm³/mol. The predicted octanol–water partition coefficient (Wildman–Crippen LogP) is 3.46. The number of aromatic amines is 1. The Morgan fingerprint density at radius 2 is 1.85 bits per heavy atom. The van der Waals surface area contributed by atoms with Crippen LogP contribution in [0, 0.1) is 0 Å². The fraction of sp³-hybridized carbons (Fsp3) is 0.250. The zero-order valence-corrected chi connectivity index (χ0v) is 15.0. The molecule has 0 saturated carbocycles. The third-order valence-electron chi connectivity index (χ3n) is 4.35. The van der Waals surface area contributed by atoms with E-state index in [0.717, 1.165) is 16.5 Å². The molecule has 1 heterocycles. The second-order valence-corrected chi connectivity index (χ2v) is 5.81. The van der Waals surface area contributed by atoms with Crippen LogP contribution in [0.2, 0.25) is 0 Å². The van der Waals surface area contributed by atoms with Crippen molar-refractivity contribution in [2.24, 2.45) is 0 Å². The number of para-hydroxylation sites is 1. The van der Waals surface area contributed by atoms with Gasteiger partial charge in [-0.05, 0) is 24.6 Å². The first-order valence-corrected chi connectivity index (χ1v) is 8.34. The number of carbonyl (C=O) groups is 1. The highest BCUT2D eigenvalue weighted by atomic mass is 16.5. The molecule has 0 fully saturated rings. The number of hydrogen-bond donors (Lipinski definition) is 2. The standard InChI is InChI=1S/C20H22N2O4/c1-4-26-20(23)19(14-11-22-16-8-6-5-7-12(14)16)13-9-18(25-3)15(21)10-17(13)24-2/h5-11,19,22H,4,21H2,1-3H3. The van der Waals surface area contributed by atoms with Gasteiger partial charge in [0.2, 0.25) is 0 Å². The van der Waals surface area contributed by atoms with Gasteiger partial charge in [0.25, 0.3) is 0 Å². The number of hydrogen-bond acceptors (Lipinski definition) is 5. The summed E-state index contributed by atoms with van der Waals surface area (Å²) >= 11 is 0. The molecule has 1 aromatic heterocycles. The van der Waals surface area contributed by atoms with Gasteiger partial charge in [-0.25, -0.2) is 0 Å². The largest absolute Gasteiger partial charge is 0.496 e. The van der Waals surface area contributed by atoms with Crippen LogP contribution in [0.15, 0.2) is 42.6 Å². The monoisotopic (exact) mass is 354 g/mol. The summed E-state index contributed by atoms with van der Waals surface area (Å²) in [4.78, 5) is 16.1. The molecule has 1 atom stereocenters. The molecule has 0 bridgehead atoms. The molecule has 2 aromatic carbocycles. The minimum absolute atomic E-state index is 0.284. The average molecular weight is 354 g/mol. The lowest BCUT2D eigenvalue weighted by Crippen LogP contribution is -2.18. The van der Waals surface area contributed by atoms with E-state index >= 15 is 0 Å². The summed E-state index contributed by atoms with van der Waals surface area (Å²) in [6.45, 7) is 2.07. The minimum Gasteiger partial charge on any atom is -0.496 e. The van der Waals surface area contributed by atoms with E-state index in [2.05, 4.69) is 4.98 Å². The Balaban J connectivity index is 2.24. The van der Waals surface area contributed by atoms with E-state index in [1.165, 1.54) is 7.11 Å². The fourth-order valence-corrected chi connectivity index (χ4v) is 3.15. The third-order valence-corrected chi connectivity index (χ3v) is 4.35. The molecule has 3 N–H and O–H groups in total. The van der Waals surface area contributed by atoms with Crippen molar-refractivity contribution in [2.45, 2.75) is 12.8 Å². The van der Waals surface area contributed by atoms with Crippen LogP contribution in [0.25, 0.3) is 10.9 Å². The van der Waals surface area contributed by atoms with E-state index in [1.807, 2.05) is 30.5 Å². The first-order valence-electron chi connectivity index (χ1n) is 8.34. The van der Waals surface area contributed by atoms with Gasteiger partial charge in [-0.1, -0.05) is 18.2 Å². The molecule has 0 saturated heterocycles. The van der Waals surface area contributed by atoms with Crippen molar-refractivity contribution in [3.8, 4) is 11.5 Å². The second-order valence-electron chi connectivity index (χ2n) is 5.81. The van der Waals surface area contributed by atoms with Crippen molar-refractivity contribution < 1.29 is 19.0 Å². The van der Waals surface area contributed by atoms with Gasteiger partial charge in [0.05, 0.1) is 26.5 Å². The smallest absolute Gasteiger partial charge is 0.318 e. The number of nitrogens with two attached hydrogens (primary N) is 1. The summed E-state index contributed by atoms with van der Waals surface area (Å²) in [6, 6.07) is 11.2. The van der Waals surface area contributed by atoms with Gasteiger partial charge in [-0.3, -0.25) is 4.79 Å². The summed E-state index contributed by atoms with van der Waals surface area (Å²) in [5, 5.41) is 0.948. The van der Waals surface area contributed by atoms with Crippen molar-refractivity contribution in [1.82, 2.24) is 4.98 Å². The minimum atomic E-state index is -0.671. The molecule has 3 aromatic rings. The van der Waals surface area contributed by atoms with Crippen LogP contribution < -0.4 is 15.2 Å². The number of fused-ring (bicyclic) bond motifs is 1. The molecule has 1 unspecified atom stereocenters. The summed E-state index contributed by atoms with van der Waals surface area (Å²) in [5.74, 6) is -0.0421. The van der Waals surface area contributed by atoms with Crippen LogP contribution >= 0.6 is 0 Å². The zero-order valence-electron chi connectivity index (χ0n) is 15.0. The Bertz CT molecular complexity index is 933. The molecule has 136 valence electrons. The molecule has 6 heteroatoms. The van der Waals surface area contributed by atoms with Gasteiger partial charge in [0.15, 0.2) is 0 Å². The zero-order chi connectivity index (χ0) is 18.7. The molecule has 0 aliphatic carbocycles. The number of H-pyrrole nitrogens is 1. The topological polar surface area (TPSA) is 86.6 Å². The summed E-state index contributed by atoms with van der Waals surface area (Å²) in [5.41, 5.74) is 8.83. The number of anilines is 1. The number of carbonyl (C=O) groups excluding carboxylic acids is 1. The van der Waals surface area contributed by atoms with Gasteiger partial charge < -0.3 is 24.9 Å². The Labute approximate surface area is 151 Å². The second kappa shape index (κ2) is 7.39. The Morgan fingerprint density at radius 3 is 2.54 bits per heavy atom. The third kappa shape index (κ3) is 3.06. The van der Waals surface area contributed by atoms with Gasteiger partial charge in [0, 0.05) is 28.7 Å². The maximum Gasteiger partial charge on any atom is 0.318 e. The van der Waals surface area contributed by atoms with Crippen LogP contribution in [-0.4, -0.2) is 31.8 Å². The van der Waals surface area contributed by atoms with Crippen LogP contribution in [0.3, 0.4) is 0 Å². The van der Waals surface area contributed by atoms with Gasteiger partial charge in [-0.2, -0.15) is 0 Å². The lowest BCUT2D eigenvalue weighted by molar-refractivity contribution is -0.143. The maximum absolute atomic E-state index is 12.9. The lowest BCUT2D eigenvalue weighted by Gasteiger charge is -2.20. The Morgan fingerprint density at radius 1 is 1.12 bits per heavy atom. The molecule has 0 aliphatic heterocycles. The van der Waals surface area contributed by atoms with E-state index in [4.69, 9.17) is 19.9 Å². The van der Waals surface area contributed by atoms with E-state index in [1.54, 1.807) is 26.2 Å². The highest BCUT2D eigenvalue weighted by Gasteiger charge is 2.30. The van der Waals surface area contributed by atoms with Crippen LogP contribution in [0.5, 0.6) is 11.5 Å². The van der Waals surface area contributed by atoms with Crippen molar-refractivity contribution in [2.75, 3.05) is 26.6 Å². The van der Waals surface area contributed by atoms with Crippen molar-refractivity contribution >= 4 is 22.6 Å². The van der Waals surface area contributed by atoms with Crippen LogP contribution in [0.4, 0.5) is 5.69 Å². The molecule has 0 aliphatic rings. The van der Waals surface area contributed by atoms with Crippen LogP contribution in [0.1, 0.15) is 24.0 Å². The molecule has 0 spiro atoms. The van der Waals surface area contributed by atoms with E-state index in [9.17, 15) is 4.79 Å². The molecule has 0 radical (unpaired) electrons. The van der Waals surface area contributed by atoms with Gasteiger partial charge in [0.1, 0.15) is 17.4 Å². The normalized spacial score (nSPS) is 12.0. The summed E-state index contributed by atoms with van der Waals surface area (Å²) in [7, 11) is 3.08. The number of rotatable bonds is 6. The lowest BCUT2D eigenvalue weighted by atomic mass is 9.89. The van der Waals surface area contributed by atoms with Crippen LogP contribution in [-0.2, 0) is 9.53 Å². The highest BCUT2D eigenvalue weighted by Crippen LogP contribution is 2.40. The maximum atomic E-state index is 12.9.